The lowest BCUT2D eigenvalue weighted by Gasteiger charge is -2.22. The molecule has 1 saturated heterocycles. The van der Waals surface area contributed by atoms with Crippen LogP contribution in [-0.4, -0.2) is 48.8 Å². The number of amides is 1. The van der Waals surface area contributed by atoms with E-state index in [9.17, 15) is 9.59 Å². The lowest BCUT2D eigenvalue weighted by Crippen LogP contribution is -2.49. The van der Waals surface area contributed by atoms with Crippen molar-refractivity contribution in [2.24, 2.45) is 11.8 Å². The normalized spacial score (nSPS) is 23.8. The highest BCUT2D eigenvalue weighted by atomic mass is 16.5. The number of carboxylic acids is 1. The zero-order valence-corrected chi connectivity index (χ0v) is 12.5. The summed E-state index contributed by atoms with van der Waals surface area (Å²) in [6, 6.07) is -0.849. The van der Waals surface area contributed by atoms with Crippen molar-refractivity contribution >= 4 is 11.9 Å². The predicted octanol–water partition coefficient (Wildman–Crippen LogP) is 0.617. The Kier molecular flexibility index (Phi) is 6.95. The largest absolute Gasteiger partial charge is 0.480 e. The van der Waals surface area contributed by atoms with Gasteiger partial charge >= 0.3 is 5.97 Å². The minimum absolute atomic E-state index is 0.0246. The van der Waals surface area contributed by atoms with Gasteiger partial charge < -0.3 is 20.5 Å². The van der Waals surface area contributed by atoms with Crippen LogP contribution in [0.4, 0.5) is 0 Å². The summed E-state index contributed by atoms with van der Waals surface area (Å²) >= 11 is 0. The molecular formula is C14H26N2O4. The quantitative estimate of drug-likeness (QED) is 0.609. The molecular weight excluding hydrogens is 260 g/mol. The molecule has 116 valence electrons. The topological polar surface area (TPSA) is 87.7 Å². The number of carboxylic acid groups (broad SMARTS) is 1. The van der Waals surface area contributed by atoms with E-state index in [1.165, 1.54) is 0 Å². The Morgan fingerprint density at radius 2 is 2.05 bits per heavy atom. The van der Waals surface area contributed by atoms with Gasteiger partial charge in [0.15, 0.2) is 0 Å². The highest BCUT2D eigenvalue weighted by Crippen LogP contribution is 2.15. The Labute approximate surface area is 120 Å². The van der Waals surface area contributed by atoms with Crippen molar-refractivity contribution in [3.63, 3.8) is 0 Å². The molecule has 1 heterocycles. The highest BCUT2D eigenvalue weighted by molar-refractivity contribution is 5.85. The molecule has 1 amide bonds. The van der Waals surface area contributed by atoms with Crippen molar-refractivity contribution in [2.75, 3.05) is 19.8 Å². The fraction of sp³-hybridized carbons (Fsp3) is 0.857. The maximum absolute atomic E-state index is 12.2. The van der Waals surface area contributed by atoms with Crippen LogP contribution in [0.5, 0.6) is 0 Å². The Morgan fingerprint density at radius 3 is 2.60 bits per heavy atom. The number of carbonyl (C=O) groups is 2. The van der Waals surface area contributed by atoms with E-state index < -0.39 is 12.0 Å². The van der Waals surface area contributed by atoms with Crippen LogP contribution in [0.15, 0.2) is 0 Å². The van der Waals surface area contributed by atoms with Crippen LogP contribution in [0.3, 0.4) is 0 Å². The zero-order chi connectivity index (χ0) is 15.1. The first-order valence-corrected chi connectivity index (χ1v) is 7.30. The van der Waals surface area contributed by atoms with E-state index in [1.54, 1.807) is 0 Å². The SMILES string of the molecule is CCCNC1COCC1C(=O)N[C@@H](CC(C)C)C(=O)O. The van der Waals surface area contributed by atoms with Crippen LogP contribution in [0, 0.1) is 11.8 Å². The summed E-state index contributed by atoms with van der Waals surface area (Å²) in [7, 11) is 0. The summed E-state index contributed by atoms with van der Waals surface area (Å²) in [4.78, 5) is 23.4. The van der Waals surface area contributed by atoms with E-state index in [1.807, 2.05) is 13.8 Å². The molecule has 0 saturated carbocycles. The van der Waals surface area contributed by atoms with Crippen molar-refractivity contribution in [2.45, 2.75) is 45.7 Å². The first-order chi connectivity index (χ1) is 9.45. The van der Waals surface area contributed by atoms with E-state index in [-0.39, 0.29) is 23.8 Å². The van der Waals surface area contributed by atoms with Gasteiger partial charge in [-0.15, -0.1) is 0 Å². The molecule has 1 aliphatic rings. The monoisotopic (exact) mass is 286 g/mol. The summed E-state index contributed by atoms with van der Waals surface area (Å²) in [6.45, 7) is 7.60. The molecule has 3 atom stereocenters. The van der Waals surface area contributed by atoms with Crippen molar-refractivity contribution in [1.82, 2.24) is 10.6 Å². The molecule has 2 unspecified atom stereocenters. The Morgan fingerprint density at radius 1 is 1.35 bits per heavy atom. The molecule has 1 aliphatic heterocycles. The Hall–Kier alpha value is -1.14. The third kappa shape index (κ3) is 5.09. The van der Waals surface area contributed by atoms with Crippen molar-refractivity contribution in [1.29, 1.82) is 0 Å². The van der Waals surface area contributed by atoms with Gasteiger partial charge in [-0.05, 0) is 25.3 Å². The number of ether oxygens (including phenoxy) is 1. The molecule has 0 aromatic heterocycles. The second kappa shape index (κ2) is 8.21. The van der Waals surface area contributed by atoms with E-state index in [2.05, 4.69) is 17.6 Å². The summed E-state index contributed by atoms with van der Waals surface area (Å²) in [6.07, 6.45) is 1.41. The number of aliphatic carboxylic acids is 1. The van der Waals surface area contributed by atoms with Crippen LogP contribution < -0.4 is 10.6 Å². The van der Waals surface area contributed by atoms with Gasteiger partial charge in [0.05, 0.1) is 19.1 Å². The fourth-order valence-corrected chi connectivity index (χ4v) is 2.32. The first-order valence-electron chi connectivity index (χ1n) is 7.30. The lowest BCUT2D eigenvalue weighted by molar-refractivity contribution is -0.143. The van der Waals surface area contributed by atoms with Crippen molar-refractivity contribution in [3.05, 3.63) is 0 Å². The Balaban J connectivity index is 2.56. The molecule has 0 bridgehead atoms. The summed E-state index contributed by atoms with van der Waals surface area (Å²) in [5.74, 6) is -1.31. The third-order valence-corrected chi connectivity index (χ3v) is 3.40. The number of carbonyl (C=O) groups excluding carboxylic acids is 1. The van der Waals surface area contributed by atoms with Crippen LogP contribution in [-0.2, 0) is 14.3 Å². The second-order valence-electron chi connectivity index (χ2n) is 5.73. The Bertz CT molecular complexity index is 333. The minimum atomic E-state index is -0.982. The molecule has 6 heteroatoms. The summed E-state index contributed by atoms with van der Waals surface area (Å²) < 4.78 is 5.34. The number of hydrogen-bond acceptors (Lipinski definition) is 4. The number of rotatable bonds is 8. The van der Waals surface area contributed by atoms with Gasteiger partial charge in [0.25, 0.3) is 0 Å². The predicted molar refractivity (Wildman–Crippen MR) is 75.4 cm³/mol. The third-order valence-electron chi connectivity index (χ3n) is 3.40. The maximum Gasteiger partial charge on any atom is 0.326 e. The van der Waals surface area contributed by atoms with Crippen LogP contribution >= 0.6 is 0 Å². The van der Waals surface area contributed by atoms with Crippen LogP contribution in [0.2, 0.25) is 0 Å². The molecule has 0 aromatic carbocycles. The van der Waals surface area contributed by atoms with Gasteiger partial charge in [0, 0.05) is 6.04 Å². The van der Waals surface area contributed by atoms with Gasteiger partial charge in [0.2, 0.25) is 5.91 Å². The second-order valence-corrected chi connectivity index (χ2v) is 5.73. The smallest absolute Gasteiger partial charge is 0.326 e. The number of hydrogen-bond donors (Lipinski definition) is 3. The number of nitrogens with one attached hydrogen (secondary N) is 2. The maximum atomic E-state index is 12.2. The molecule has 1 rings (SSSR count). The first kappa shape index (κ1) is 16.9. The van der Waals surface area contributed by atoms with E-state index in [0.717, 1.165) is 13.0 Å². The molecule has 6 nitrogen and oxygen atoms in total. The van der Waals surface area contributed by atoms with Crippen LogP contribution in [0.1, 0.15) is 33.6 Å². The molecule has 1 fully saturated rings. The van der Waals surface area contributed by atoms with Crippen LogP contribution in [0.25, 0.3) is 0 Å². The minimum Gasteiger partial charge on any atom is -0.480 e. The average molecular weight is 286 g/mol. The molecule has 0 spiro atoms. The molecule has 0 aromatic rings. The summed E-state index contributed by atoms with van der Waals surface area (Å²) in [5.41, 5.74) is 0. The standard InChI is InChI=1S/C14H26N2O4/c1-4-5-15-12-8-20-7-10(12)13(17)16-11(14(18)19)6-9(2)3/h9-12,15H,4-8H2,1-3H3,(H,16,17)(H,18,19)/t10?,11-,12?/m0/s1. The molecule has 0 aliphatic carbocycles. The molecule has 20 heavy (non-hydrogen) atoms. The van der Waals surface area contributed by atoms with E-state index in [4.69, 9.17) is 9.84 Å². The lowest BCUT2D eigenvalue weighted by atomic mass is 9.99. The van der Waals surface area contributed by atoms with Gasteiger partial charge in [-0.2, -0.15) is 0 Å². The molecule has 0 radical (unpaired) electrons. The van der Waals surface area contributed by atoms with Gasteiger partial charge in [-0.1, -0.05) is 20.8 Å². The van der Waals surface area contributed by atoms with Crippen molar-refractivity contribution in [3.8, 4) is 0 Å². The van der Waals surface area contributed by atoms with E-state index >= 15 is 0 Å². The van der Waals surface area contributed by atoms with Gasteiger partial charge in [-0.25, -0.2) is 4.79 Å². The molecule has 3 N–H and O–H groups in total. The van der Waals surface area contributed by atoms with Crippen molar-refractivity contribution < 1.29 is 19.4 Å². The highest BCUT2D eigenvalue weighted by Gasteiger charge is 2.35. The average Bonchev–Trinajstić information content (AvgIpc) is 2.83. The zero-order valence-electron chi connectivity index (χ0n) is 12.5. The van der Waals surface area contributed by atoms with Gasteiger partial charge in [0.1, 0.15) is 6.04 Å². The van der Waals surface area contributed by atoms with Gasteiger partial charge in [-0.3, -0.25) is 4.79 Å². The fourth-order valence-electron chi connectivity index (χ4n) is 2.32. The summed E-state index contributed by atoms with van der Waals surface area (Å²) in [5, 5.41) is 15.1. The van der Waals surface area contributed by atoms with E-state index in [0.29, 0.717) is 19.6 Å².